The van der Waals surface area contributed by atoms with Gasteiger partial charge in [-0.15, -0.1) is 0 Å². The van der Waals surface area contributed by atoms with E-state index in [2.05, 4.69) is 0 Å². The van der Waals surface area contributed by atoms with E-state index in [0.717, 1.165) is 5.56 Å². The highest BCUT2D eigenvalue weighted by Gasteiger charge is 2.33. The molecular weight excluding hydrogens is 398 g/mol. The number of carbonyl (C=O) groups is 2. The number of anilines is 1. The van der Waals surface area contributed by atoms with Gasteiger partial charge in [0, 0.05) is 0 Å². The maximum absolute atomic E-state index is 12.9. The fourth-order valence-electron chi connectivity index (χ4n) is 2.72. The molecule has 0 aromatic heterocycles. The Labute approximate surface area is 171 Å². The van der Waals surface area contributed by atoms with Crippen LogP contribution in [0.5, 0.6) is 11.5 Å². The molecule has 1 aliphatic heterocycles. The van der Waals surface area contributed by atoms with Gasteiger partial charge in [0.2, 0.25) is 0 Å². The van der Waals surface area contributed by atoms with Gasteiger partial charge in [0.1, 0.15) is 0 Å². The van der Waals surface area contributed by atoms with Crippen molar-refractivity contribution >= 4 is 51.9 Å². The lowest BCUT2D eigenvalue weighted by molar-refractivity contribution is -0.136. The number of rotatable bonds is 6. The van der Waals surface area contributed by atoms with Gasteiger partial charge in [-0.25, -0.2) is 0 Å². The molecule has 1 aliphatic rings. The van der Waals surface area contributed by atoms with E-state index in [0.29, 0.717) is 32.0 Å². The molecule has 1 saturated heterocycles. The van der Waals surface area contributed by atoms with E-state index in [1.807, 2.05) is 6.07 Å². The van der Waals surface area contributed by atoms with Crippen molar-refractivity contribution in [1.82, 2.24) is 0 Å². The molecule has 0 saturated carbocycles. The Kier molecular flexibility index (Phi) is 6.01. The Morgan fingerprint density at radius 1 is 1.14 bits per heavy atom. The van der Waals surface area contributed by atoms with Crippen molar-refractivity contribution in [2.75, 3.05) is 19.1 Å². The summed E-state index contributed by atoms with van der Waals surface area (Å²) >= 11 is 6.58. The van der Waals surface area contributed by atoms with Crippen LogP contribution in [0.1, 0.15) is 11.1 Å². The minimum absolute atomic E-state index is 0.0715. The lowest BCUT2D eigenvalue weighted by atomic mass is 10.1. The smallest absolute Gasteiger partial charge is 0.307 e. The zero-order valence-corrected chi connectivity index (χ0v) is 16.8. The van der Waals surface area contributed by atoms with Gasteiger partial charge in [-0.3, -0.25) is 14.5 Å². The van der Waals surface area contributed by atoms with Crippen LogP contribution < -0.4 is 14.4 Å². The molecule has 2 aromatic carbocycles. The Balaban J connectivity index is 1.85. The summed E-state index contributed by atoms with van der Waals surface area (Å²) < 4.78 is 10.9. The highest BCUT2D eigenvalue weighted by atomic mass is 32.2. The van der Waals surface area contributed by atoms with Crippen LogP contribution in [0.4, 0.5) is 5.69 Å². The quantitative estimate of drug-likeness (QED) is 0.569. The molecular formula is C20H17NO5S2. The van der Waals surface area contributed by atoms with E-state index >= 15 is 0 Å². The van der Waals surface area contributed by atoms with Gasteiger partial charge in [-0.1, -0.05) is 42.2 Å². The number of carbonyl (C=O) groups excluding carboxylic acids is 1. The number of ether oxygens (including phenoxy) is 2. The summed E-state index contributed by atoms with van der Waals surface area (Å²) in [4.78, 5) is 25.6. The first kappa shape index (κ1) is 19.9. The molecule has 0 spiro atoms. The van der Waals surface area contributed by atoms with Crippen LogP contribution in [0, 0.1) is 0 Å². The molecule has 0 unspecified atom stereocenters. The Hall–Kier alpha value is -2.84. The van der Waals surface area contributed by atoms with Crippen molar-refractivity contribution in [2.24, 2.45) is 0 Å². The first-order valence-electron chi connectivity index (χ1n) is 8.23. The van der Waals surface area contributed by atoms with Crippen LogP contribution in [-0.2, 0) is 16.0 Å². The predicted octanol–water partition coefficient (Wildman–Crippen LogP) is 3.74. The minimum atomic E-state index is -0.906. The van der Waals surface area contributed by atoms with Crippen LogP contribution in [0.3, 0.4) is 0 Å². The topological polar surface area (TPSA) is 76.1 Å². The van der Waals surface area contributed by atoms with Crippen molar-refractivity contribution in [1.29, 1.82) is 0 Å². The summed E-state index contributed by atoms with van der Waals surface area (Å²) in [6.07, 6.45) is 1.68. The number of benzene rings is 2. The van der Waals surface area contributed by atoms with Crippen LogP contribution in [0.2, 0.25) is 0 Å². The van der Waals surface area contributed by atoms with Crippen molar-refractivity contribution in [3.05, 3.63) is 58.5 Å². The SMILES string of the molecule is COc1ccc(/C=C2\SC(=S)N(c3ccc(CC(=O)O)cc3)C2=O)cc1OC. The molecule has 0 bridgehead atoms. The van der Waals surface area contributed by atoms with Crippen LogP contribution in [0.15, 0.2) is 47.4 Å². The van der Waals surface area contributed by atoms with Crippen molar-refractivity contribution in [3.8, 4) is 11.5 Å². The second kappa shape index (κ2) is 8.45. The second-order valence-corrected chi connectivity index (χ2v) is 7.54. The van der Waals surface area contributed by atoms with Gasteiger partial charge in [0.15, 0.2) is 15.8 Å². The van der Waals surface area contributed by atoms with Crippen LogP contribution in [0.25, 0.3) is 6.08 Å². The zero-order chi connectivity index (χ0) is 20.3. The van der Waals surface area contributed by atoms with E-state index in [9.17, 15) is 9.59 Å². The van der Waals surface area contributed by atoms with Gasteiger partial charge in [0.25, 0.3) is 5.91 Å². The maximum Gasteiger partial charge on any atom is 0.307 e. The molecule has 144 valence electrons. The molecule has 28 heavy (non-hydrogen) atoms. The van der Waals surface area contributed by atoms with Crippen molar-refractivity contribution in [3.63, 3.8) is 0 Å². The van der Waals surface area contributed by atoms with E-state index < -0.39 is 5.97 Å². The molecule has 8 heteroatoms. The molecule has 3 rings (SSSR count). The number of amides is 1. The van der Waals surface area contributed by atoms with Gasteiger partial charge >= 0.3 is 5.97 Å². The fourth-order valence-corrected chi connectivity index (χ4v) is 4.02. The Morgan fingerprint density at radius 3 is 2.43 bits per heavy atom. The highest BCUT2D eigenvalue weighted by molar-refractivity contribution is 8.27. The maximum atomic E-state index is 12.9. The third kappa shape index (κ3) is 4.18. The molecule has 0 radical (unpaired) electrons. The van der Waals surface area contributed by atoms with Gasteiger partial charge in [-0.2, -0.15) is 0 Å². The number of carboxylic acid groups (broad SMARTS) is 1. The van der Waals surface area contributed by atoms with Gasteiger partial charge < -0.3 is 14.6 Å². The summed E-state index contributed by atoms with van der Waals surface area (Å²) in [5.41, 5.74) is 2.05. The number of hydrogen-bond acceptors (Lipinski definition) is 6. The average molecular weight is 415 g/mol. The largest absolute Gasteiger partial charge is 0.493 e. The minimum Gasteiger partial charge on any atom is -0.493 e. The molecule has 1 fully saturated rings. The predicted molar refractivity (Wildman–Crippen MR) is 113 cm³/mol. The van der Waals surface area contributed by atoms with E-state index in [1.54, 1.807) is 56.7 Å². The van der Waals surface area contributed by atoms with Crippen LogP contribution >= 0.6 is 24.0 Å². The van der Waals surface area contributed by atoms with Crippen LogP contribution in [-0.4, -0.2) is 35.5 Å². The third-order valence-electron chi connectivity index (χ3n) is 4.05. The lowest BCUT2D eigenvalue weighted by Crippen LogP contribution is -2.27. The monoisotopic (exact) mass is 415 g/mol. The number of thiocarbonyl (C=S) groups is 1. The fraction of sp³-hybridized carbons (Fsp3) is 0.150. The second-order valence-electron chi connectivity index (χ2n) is 5.87. The summed E-state index contributed by atoms with van der Waals surface area (Å²) in [5, 5.41) is 8.86. The van der Waals surface area contributed by atoms with E-state index in [-0.39, 0.29) is 12.3 Å². The highest BCUT2D eigenvalue weighted by Crippen LogP contribution is 2.37. The number of aliphatic carboxylic acids is 1. The number of hydrogen-bond donors (Lipinski definition) is 1. The molecule has 2 aromatic rings. The molecule has 0 atom stereocenters. The van der Waals surface area contributed by atoms with E-state index in [1.165, 1.54) is 16.7 Å². The molecule has 1 heterocycles. The molecule has 1 amide bonds. The summed E-state index contributed by atoms with van der Waals surface area (Å²) in [7, 11) is 3.11. The number of thioether (sulfide) groups is 1. The van der Waals surface area contributed by atoms with Gasteiger partial charge in [-0.05, 0) is 41.5 Å². The Bertz CT molecular complexity index is 969. The number of nitrogens with zero attached hydrogens (tertiary/aromatic N) is 1. The third-order valence-corrected chi connectivity index (χ3v) is 5.35. The summed E-state index contributed by atoms with van der Waals surface area (Å²) in [6.45, 7) is 0. The van der Waals surface area contributed by atoms with E-state index in [4.69, 9.17) is 26.8 Å². The summed E-state index contributed by atoms with van der Waals surface area (Å²) in [6, 6.07) is 12.1. The molecule has 1 N–H and O–H groups in total. The standard InChI is InChI=1S/C20H17NO5S2/c1-25-15-8-5-13(9-16(15)26-2)10-17-19(24)21(20(27)28-17)14-6-3-12(4-7-14)11-18(22)23/h3-10H,11H2,1-2H3,(H,22,23)/b17-10-. The summed E-state index contributed by atoms with van der Waals surface area (Å²) in [5.74, 6) is 0.0429. The van der Waals surface area contributed by atoms with Crippen molar-refractivity contribution in [2.45, 2.75) is 6.42 Å². The lowest BCUT2D eigenvalue weighted by Gasteiger charge is -2.14. The first-order chi connectivity index (χ1) is 13.4. The number of methoxy groups -OCH3 is 2. The molecule has 0 aliphatic carbocycles. The Morgan fingerprint density at radius 2 is 1.82 bits per heavy atom. The van der Waals surface area contributed by atoms with Gasteiger partial charge in [0.05, 0.1) is 31.2 Å². The zero-order valence-electron chi connectivity index (χ0n) is 15.2. The normalized spacial score (nSPS) is 15.2. The average Bonchev–Trinajstić information content (AvgIpc) is 2.95. The molecule has 6 nitrogen and oxygen atoms in total. The number of carboxylic acids is 1. The first-order valence-corrected chi connectivity index (χ1v) is 9.46. The van der Waals surface area contributed by atoms with Crippen molar-refractivity contribution < 1.29 is 24.2 Å².